The predicted octanol–water partition coefficient (Wildman–Crippen LogP) is 4.73. The molecule has 1 aliphatic rings. The van der Waals surface area contributed by atoms with E-state index in [1.54, 1.807) is 30.2 Å². The molecular formula is C21H21F4N7. The van der Waals surface area contributed by atoms with Gasteiger partial charge < -0.3 is 10.2 Å². The van der Waals surface area contributed by atoms with E-state index in [1.807, 2.05) is 6.92 Å². The van der Waals surface area contributed by atoms with Crippen LogP contribution in [0.25, 0.3) is 11.5 Å². The predicted molar refractivity (Wildman–Crippen MR) is 111 cm³/mol. The van der Waals surface area contributed by atoms with Crippen molar-refractivity contribution in [2.24, 2.45) is 0 Å². The van der Waals surface area contributed by atoms with Crippen molar-refractivity contribution < 1.29 is 17.6 Å². The summed E-state index contributed by atoms with van der Waals surface area (Å²) in [5, 5.41) is 3.04. The molecule has 11 heteroatoms. The third kappa shape index (κ3) is 5.09. The van der Waals surface area contributed by atoms with Gasteiger partial charge in [0.05, 0.1) is 0 Å². The molecule has 1 fully saturated rings. The van der Waals surface area contributed by atoms with Crippen LogP contribution in [0.1, 0.15) is 31.2 Å². The Kier molecular flexibility index (Phi) is 5.66. The van der Waals surface area contributed by atoms with Crippen LogP contribution in [0, 0.1) is 6.92 Å². The standard InChI is InChI=1S/C21H21F4N7/c1-13-12-14(6-9-26-13)27-18-29-17(15-4-3-5-16(28-15)21(23,24)25)30-19(31-18)32-10-7-20(2,22)8-11-32/h3-6,9,12H,7-8,10-11H2,1-2H3,(H,26,27,29,30,31). The second kappa shape index (κ2) is 8.29. The molecule has 4 heterocycles. The van der Waals surface area contributed by atoms with Crippen LogP contribution in [0.3, 0.4) is 0 Å². The number of pyridine rings is 2. The summed E-state index contributed by atoms with van der Waals surface area (Å²) >= 11 is 0. The first-order valence-electron chi connectivity index (χ1n) is 10.0. The minimum absolute atomic E-state index is 0.0111. The normalized spacial score (nSPS) is 16.1. The summed E-state index contributed by atoms with van der Waals surface area (Å²) in [7, 11) is 0. The maximum atomic E-state index is 14.3. The maximum absolute atomic E-state index is 14.3. The van der Waals surface area contributed by atoms with Gasteiger partial charge in [-0.3, -0.25) is 4.98 Å². The summed E-state index contributed by atoms with van der Waals surface area (Å²) in [6.45, 7) is 4.12. The lowest BCUT2D eigenvalue weighted by Gasteiger charge is -2.34. The van der Waals surface area contributed by atoms with Crippen molar-refractivity contribution >= 4 is 17.6 Å². The molecule has 1 N–H and O–H groups in total. The second-order valence-electron chi connectivity index (χ2n) is 7.90. The molecule has 4 rings (SSSR count). The van der Waals surface area contributed by atoms with Gasteiger partial charge in [-0.2, -0.15) is 28.1 Å². The summed E-state index contributed by atoms with van der Waals surface area (Å²) in [6.07, 6.45) is -2.40. The zero-order chi connectivity index (χ0) is 22.9. The molecule has 0 aromatic carbocycles. The van der Waals surface area contributed by atoms with Crippen LogP contribution in [-0.4, -0.2) is 43.7 Å². The lowest BCUT2D eigenvalue weighted by molar-refractivity contribution is -0.141. The van der Waals surface area contributed by atoms with Crippen LogP contribution in [-0.2, 0) is 6.18 Å². The van der Waals surface area contributed by atoms with Crippen molar-refractivity contribution in [3.63, 3.8) is 0 Å². The van der Waals surface area contributed by atoms with Crippen LogP contribution < -0.4 is 10.2 Å². The molecule has 0 aliphatic carbocycles. The zero-order valence-corrected chi connectivity index (χ0v) is 17.5. The number of piperidine rings is 1. The van der Waals surface area contributed by atoms with Crippen molar-refractivity contribution in [3.05, 3.63) is 47.9 Å². The molecule has 3 aromatic heterocycles. The largest absolute Gasteiger partial charge is 0.433 e. The third-order valence-electron chi connectivity index (χ3n) is 5.13. The summed E-state index contributed by atoms with van der Waals surface area (Å²) in [5.41, 5.74) is -0.924. The molecule has 0 atom stereocenters. The third-order valence-corrected chi connectivity index (χ3v) is 5.13. The van der Waals surface area contributed by atoms with E-state index in [4.69, 9.17) is 0 Å². The fourth-order valence-corrected chi connectivity index (χ4v) is 3.32. The molecule has 0 radical (unpaired) electrons. The summed E-state index contributed by atoms with van der Waals surface area (Å²) in [4.78, 5) is 22.7. The molecule has 0 bridgehead atoms. The van der Waals surface area contributed by atoms with Gasteiger partial charge >= 0.3 is 6.18 Å². The molecule has 0 amide bonds. The van der Waals surface area contributed by atoms with E-state index in [1.165, 1.54) is 12.1 Å². The summed E-state index contributed by atoms with van der Waals surface area (Å²) < 4.78 is 53.7. The first-order chi connectivity index (χ1) is 15.1. The van der Waals surface area contributed by atoms with Gasteiger partial charge in [0.1, 0.15) is 17.1 Å². The maximum Gasteiger partial charge on any atom is 0.433 e. The van der Waals surface area contributed by atoms with Crippen LogP contribution in [0.5, 0.6) is 0 Å². The minimum atomic E-state index is -4.60. The van der Waals surface area contributed by atoms with Crippen molar-refractivity contribution in [1.82, 2.24) is 24.9 Å². The van der Waals surface area contributed by atoms with E-state index in [0.717, 1.165) is 11.8 Å². The fraction of sp³-hybridized carbons (Fsp3) is 0.381. The monoisotopic (exact) mass is 447 g/mol. The summed E-state index contributed by atoms with van der Waals surface area (Å²) in [5.74, 6) is 0.379. The Morgan fingerprint density at radius 3 is 2.47 bits per heavy atom. The number of aromatic nitrogens is 5. The van der Waals surface area contributed by atoms with E-state index >= 15 is 0 Å². The number of alkyl halides is 4. The van der Waals surface area contributed by atoms with Crippen molar-refractivity contribution in [2.45, 2.75) is 38.5 Å². The van der Waals surface area contributed by atoms with Crippen LogP contribution in [0.15, 0.2) is 36.5 Å². The molecule has 1 saturated heterocycles. The molecule has 168 valence electrons. The lowest BCUT2D eigenvalue weighted by Crippen LogP contribution is -2.41. The van der Waals surface area contributed by atoms with Gasteiger partial charge in [0.2, 0.25) is 11.9 Å². The number of anilines is 3. The van der Waals surface area contributed by atoms with Gasteiger partial charge in [0.25, 0.3) is 0 Å². The highest BCUT2D eigenvalue weighted by molar-refractivity contribution is 5.59. The quantitative estimate of drug-likeness (QED) is 0.580. The minimum Gasteiger partial charge on any atom is -0.340 e. The second-order valence-corrected chi connectivity index (χ2v) is 7.90. The topological polar surface area (TPSA) is 79.7 Å². The highest BCUT2D eigenvalue weighted by Crippen LogP contribution is 2.31. The zero-order valence-electron chi connectivity index (χ0n) is 17.5. The number of hydrogen-bond donors (Lipinski definition) is 1. The Hall–Kier alpha value is -3.37. The van der Waals surface area contributed by atoms with E-state index < -0.39 is 17.5 Å². The Labute approximate surface area is 182 Å². The van der Waals surface area contributed by atoms with Gasteiger partial charge in [-0.15, -0.1) is 0 Å². The van der Waals surface area contributed by atoms with Crippen LogP contribution in [0.2, 0.25) is 0 Å². The van der Waals surface area contributed by atoms with Crippen LogP contribution in [0.4, 0.5) is 35.1 Å². The molecule has 7 nitrogen and oxygen atoms in total. The molecule has 0 unspecified atom stereocenters. The van der Waals surface area contributed by atoms with E-state index in [2.05, 4.69) is 30.2 Å². The molecule has 1 aliphatic heterocycles. The Bertz CT molecular complexity index is 1110. The highest BCUT2D eigenvalue weighted by atomic mass is 19.4. The van der Waals surface area contributed by atoms with Crippen molar-refractivity contribution in [2.75, 3.05) is 23.3 Å². The van der Waals surface area contributed by atoms with E-state index in [-0.39, 0.29) is 23.4 Å². The Morgan fingerprint density at radius 2 is 1.78 bits per heavy atom. The number of aryl methyl sites for hydroxylation is 1. The lowest BCUT2D eigenvalue weighted by atomic mass is 9.96. The van der Waals surface area contributed by atoms with Gasteiger partial charge in [0.15, 0.2) is 5.82 Å². The Balaban J connectivity index is 1.74. The van der Waals surface area contributed by atoms with Crippen LogP contribution >= 0.6 is 0 Å². The SMILES string of the molecule is Cc1cc(Nc2nc(-c3cccc(C(F)(F)F)n3)nc(N3CCC(C)(F)CC3)n2)ccn1. The van der Waals surface area contributed by atoms with Gasteiger partial charge in [-0.25, -0.2) is 9.37 Å². The van der Waals surface area contributed by atoms with Gasteiger partial charge in [-0.05, 0) is 51.0 Å². The Morgan fingerprint density at radius 1 is 1.03 bits per heavy atom. The van der Waals surface area contributed by atoms with E-state index in [0.29, 0.717) is 31.6 Å². The average molecular weight is 447 g/mol. The van der Waals surface area contributed by atoms with E-state index in [9.17, 15) is 17.6 Å². The van der Waals surface area contributed by atoms with Gasteiger partial charge in [-0.1, -0.05) is 6.07 Å². The number of rotatable bonds is 4. The summed E-state index contributed by atoms with van der Waals surface area (Å²) in [6, 6.07) is 7.04. The van der Waals surface area contributed by atoms with Crippen molar-refractivity contribution in [3.8, 4) is 11.5 Å². The first-order valence-corrected chi connectivity index (χ1v) is 10.0. The van der Waals surface area contributed by atoms with Gasteiger partial charge in [0, 0.05) is 30.7 Å². The molecule has 0 spiro atoms. The number of nitrogens with one attached hydrogen (secondary N) is 1. The number of hydrogen-bond acceptors (Lipinski definition) is 7. The average Bonchev–Trinajstić information content (AvgIpc) is 2.73. The molecule has 32 heavy (non-hydrogen) atoms. The molecule has 3 aromatic rings. The number of halogens is 4. The smallest absolute Gasteiger partial charge is 0.340 e. The van der Waals surface area contributed by atoms with Crippen molar-refractivity contribution in [1.29, 1.82) is 0 Å². The molecule has 0 saturated carbocycles. The fourth-order valence-electron chi connectivity index (χ4n) is 3.32. The highest BCUT2D eigenvalue weighted by Gasteiger charge is 2.33. The number of nitrogens with zero attached hydrogens (tertiary/aromatic N) is 6. The molecular weight excluding hydrogens is 426 g/mol. The first kappa shape index (κ1) is 21.8.